The van der Waals surface area contributed by atoms with Crippen molar-refractivity contribution in [2.75, 3.05) is 18.0 Å². The number of hydrogen-bond acceptors (Lipinski definition) is 1. The van der Waals surface area contributed by atoms with Crippen molar-refractivity contribution in [3.63, 3.8) is 0 Å². The molecule has 0 radical (unpaired) electrons. The van der Waals surface area contributed by atoms with E-state index in [4.69, 9.17) is 0 Å². The highest BCUT2D eigenvalue weighted by Crippen LogP contribution is 2.14. The van der Waals surface area contributed by atoms with E-state index in [1.165, 1.54) is 17.7 Å². The van der Waals surface area contributed by atoms with Gasteiger partial charge in [0, 0.05) is 18.8 Å². The lowest BCUT2D eigenvalue weighted by Crippen LogP contribution is -2.23. The van der Waals surface area contributed by atoms with Crippen LogP contribution in [0.5, 0.6) is 0 Å². The fraction of sp³-hybridized carbons (Fsp3) is 0.571. The standard InChI is InChI=1S/C12H19N.C2H6/c1-4-10-13(5-2)12-8-6-11(3)7-9-12;1-2/h6-9H,4-5,10H2,1-3H3;1-2H3. The van der Waals surface area contributed by atoms with Crippen molar-refractivity contribution in [2.24, 2.45) is 0 Å². The van der Waals surface area contributed by atoms with Gasteiger partial charge in [-0.1, -0.05) is 38.5 Å². The molecule has 0 saturated heterocycles. The monoisotopic (exact) mass is 207 g/mol. The summed E-state index contributed by atoms with van der Waals surface area (Å²) in [4.78, 5) is 2.40. The number of benzene rings is 1. The summed E-state index contributed by atoms with van der Waals surface area (Å²) in [5, 5.41) is 0. The van der Waals surface area contributed by atoms with Crippen LogP contribution in [0.4, 0.5) is 5.69 Å². The van der Waals surface area contributed by atoms with Crippen LogP contribution in [0.3, 0.4) is 0 Å². The van der Waals surface area contributed by atoms with Gasteiger partial charge in [0.15, 0.2) is 0 Å². The molecule has 0 spiro atoms. The molecule has 1 heteroatoms. The summed E-state index contributed by atoms with van der Waals surface area (Å²) in [5.74, 6) is 0. The minimum Gasteiger partial charge on any atom is -0.372 e. The van der Waals surface area contributed by atoms with Crippen LogP contribution in [0.2, 0.25) is 0 Å². The smallest absolute Gasteiger partial charge is 0.0366 e. The van der Waals surface area contributed by atoms with Crippen molar-refractivity contribution >= 4 is 5.69 Å². The van der Waals surface area contributed by atoms with E-state index in [0.29, 0.717) is 0 Å². The average molecular weight is 207 g/mol. The molecule has 86 valence electrons. The Balaban J connectivity index is 0.000000921. The van der Waals surface area contributed by atoms with Crippen molar-refractivity contribution in [2.45, 2.75) is 41.0 Å². The van der Waals surface area contributed by atoms with E-state index in [9.17, 15) is 0 Å². The molecule has 1 nitrogen and oxygen atoms in total. The highest BCUT2D eigenvalue weighted by atomic mass is 15.1. The van der Waals surface area contributed by atoms with Gasteiger partial charge in [-0.15, -0.1) is 0 Å². The zero-order chi connectivity index (χ0) is 11.7. The second-order valence-corrected chi connectivity index (χ2v) is 3.42. The molecule has 0 atom stereocenters. The predicted molar refractivity (Wildman–Crippen MR) is 70.7 cm³/mol. The van der Waals surface area contributed by atoms with Crippen molar-refractivity contribution < 1.29 is 0 Å². The molecule has 0 fully saturated rings. The summed E-state index contributed by atoms with van der Waals surface area (Å²) in [5.41, 5.74) is 2.67. The van der Waals surface area contributed by atoms with Gasteiger partial charge >= 0.3 is 0 Å². The fourth-order valence-corrected chi connectivity index (χ4v) is 1.50. The number of rotatable bonds is 4. The van der Waals surface area contributed by atoms with E-state index in [2.05, 4.69) is 49.9 Å². The lowest BCUT2D eigenvalue weighted by molar-refractivity contribution is 0.792. The summed E-state index contributed by atoms with van der Waals surface area (Å²) in [7, 11) is 0. The molecule has 1 aromatic carbocycles. The van der Waals surface area contributed by atoms with E-state index in [1.807, 2.05) is 13.8 Å². The molecule has 0 aliphatic carbocycles. The number of nitrogens with zero attached hydrogens (tertiary/aromatic N) is 1. The van der Waals surface area contributed by atoms with E-state index < -0.39 is 0 Å². The molecule has 1 rings (SSSR count). The topological polar surface area (TPSA) is 3.24 Å². The lowest BCUT2D eigenvalue weighted by Gasteiger charge is -2.22. The van der Waals surface area contributed by atoms with Crippen molar-refractivity contribution in [1.82, 2.24) is 0 Å². The maximum Gasteiger partial charge on any atom is 0.0366 e. The van der Waals surface area contributed by atoms with Gasteiger partial charge < -0.3 is 4.90 Å². The Bertz CT molecular complexity index is 238. The van der Waals surface area contributed by atoms with Gasteiger partial charge in [0.1, 0.15) is 0 Å². The summed E-state index contributed by atoms with van der Waals surface area (Å²) >= 11 is 0. The van der Waals surface area contributed by atoms with Crippen molar-refractivity contribution in [1.29, 1.82) is 0 Å². The molecule has 15 heavy (non-hydrogen) atoms. The fourth-order valence-electron chi connectivity index (χ4n) is 1.50. The first-order chi connectivity index (χ1) is 7.27. The molecule has 0 saturated carbocycles. The first-order valence-electron chi connectivity index (χ1n) is 6.09. The zero-order valence-electron chi connectivity index (χ0n) is 10.9. The molecule has 0 heterocycles. The highest BCUT2D eigenvalue weighted by Gasteiger charge is 2.00. The molecular formula is C14H25N. The minimum atomic E-state index is 1.09. The molecule has 0 unspecified atom stereocenters. The molecule has 0 aliphatic heterocycles. The Hall–Kier alpha value is -0.980. The summed E-state index contributed by atoms with van der Waals surface area (Å²) in [6, 6.07) is 8.75. The lowest BCUT2D eigenvalue weighted by atomic mass is 10.2. The third-order valence-corrected chi connectivity index (χ3v) is 2.27. The first-order valence-corrected chi connectivity index (χ1v) is 6.09. The molecule has 0 aromatic heterocycles. The minimum absolute atomic E-state index is 1.09. The quantitative estimate of drug-likeness (QED) is 0.713. The van der Waals surface area contributed by atoms with Gasteiger partial charge in [0.2, 0.25) is 0 Å². The average Bonchev–Trinajstić information content (AvgIpc) is 2.30. The summed E-state index contributed by atoms with van der Waals surface area (Å²) in [6.45, 7) is 12.8. The largest absolute Gasteiger partial charge is 0.372 e. The summed E-state index contributed by atoms with van der Waals surface area (Å²) in [6.07, 6.45) is 1.21. The second-order valence-electron chi connectivity index (χ2n) is 3.42. The molecule has 0 aliphatic rings. The van der Waals surface area contributed by atoms with Gasteiger partial charge in [0.25, 0.3) is 0 Å². The summed E-state index contributed by atoms with van der Waals surface area (Å²) < 4.78 is 0. The van der Waals surface area contributed by atoms with Crippen LogP contribution in [0.1, 0.15) is 39.7 Å². The van der Waals surface area contributed by atoms with Gasteiger partial charge in [-0.2, -0.15) is 0 Å². The molecular weight excluding hydrogens is 182 g/mol. The number of aryl methyl sites for hydroxylation is 1. The molecule has 1 aromatic rings. The highest BCUT2D eigenvalue weighted by molar-refractivity contribution is 5.47. The first kappa shape index (κ1) is 14.0. The number of anilines is 1. The van der Waals surface area contributed by atoms with Crippen molar-refractivity contribution in [3.05, 3.63) is 29.8 Å². The van der Waals surface area contributed by atoms with Crippen molar-refractivity contribution in [3.8, 4) is 0 Å². The Labute approximate surface area is 95.1 Å². The molecule has 0 N–H and O–H groups in total. The normalized spacial score (nSPS) is 9.13. The van der Waals surface area contributed by atoms with Crippen LogP contribution in [0.25, 0.3) is 0 Å². The second kappa shape index (κ2) is 8.34. The van der Waals surface area contributed by atoms with E-state index >= 15 is 0 Å². The van der Waals surface area contributed by atoms with Crippen LogP contribution in [0.15, 0.2) is 24.3 Å². The maximum absolute atomic E-state index is 2.40. The van der Waals surface area contributed by atoms with Crippen LogP contribution in [0, 0.1) is 6.92 Å². The Morgan fingerprint density at radius 3 is 1.93 bits per heavy atom. The Kier molecular flexibility index (Phi) is 7.79. The van der Waals surface area contributed by atoms with Gasteiger partial charge in [-0.25, -0.2) is 0 Å². The Morgan fingerprint density at radius 1 is 1.00 bits per heavy atom. The van der Waals surface area contributed by atoms with Gasteiger partial charge in [-0.3, -0.25) is 0 Å². The molecule has 0 amide bonds. The van der Waals surface area contributed by atoms with Crippen LogP contribution < -0.4 is 4.90 Å². The third-order valence-electron chi connectivity index (χ3n) is 2.27. The van der Waals surface area contributed by atoms with Crippen LogP contribution in [-0.4, -0.2) is 13.1 Å². The van der Waals surface area contributed by atoms with E-state index in [0.717, 1.165) is 13.1 Å². The third kappa shape index (κ3) is 4.87. The van der Waals surface area contributed by atoms with Crippen LogP contribution >= 0.6 is 0 Å². The SMILES string of the molecule is CC.CCCN(CC)c1ccc(C)cc1. The molecule has 0 bridgehead atoms. The maximum atomic E-state index is 2.40. The predicted octanol–water partition coefficient (Wildman–Crippen LogP) is 4.26. The van der Waals surface area contributed by atoms with Gasteiger partial charge in [0.05, 0.1) is 0 Å². The van der Waals surface area contributed by atoms with Gasteiger partial charge in [-0.05, 0) is 32.4 Å². The Morgan fingerprint density at radius 2 is 1.53 bits per heavy atom. The van der Waals surface area contributed by atoms with E-state index in [-0.39, 0.29) is 0 Å². The number of hydrogen-bond donors (Lipinski definition) is 0. The van der Waals surface area contributed by atoms with E-state index in [1.54, 1.807) is 0 Å². The zero-order valence-corrected chi connectivity index (χ0v) is 10.9. The van der Waals surface area contributed by atoms with Crippen LogP contribution in [-0.2, 0) is 0 Å².